The van der Waals surface area contributed by atoms with E-state index in [9.17, 15) is 18.0 Å². The van der Waals surface area contributed by atoms with Gasteiger partial charge in [0.2, 0.25) is 0 Å². The predicted octanol–water partition coefficient (Wildman–Crippen LogP) is 3.35. The Labute approximate surface area is 162 Å². The third-order valence-corrected chi connectivity index (χ3v) is 4.02. The lowest BCUT2D eigenvalue weighted by molar-refractivity contribution is -0.137. The fourth-order valence-corrected chi connectivity index (χ4v) is 2.73. The number of anilines is 1. The normalized spacial score (nSPS) is 11.6. The summed E-state index contributed by atoms with van der Waals surface area (Å²) in [7, 11) is 0. The molecule has 0 amide bonds. The summed E-state index contributed by atoms with van der Waals surface area (Å²) in [6.07, 6.45) is -3.20. The largest absolute Gasteiger partial charge is 0.491 e. The molecule has 2 heterocycles. The van der Waals surface area contributed by atoms with Gasteiger partial charge in [0, 0.05) is 18.0 Å². The van der Waals surface area contributed by atoms with E-state index in [4.69, 9.17) is 21.4 Å². The molecule has 2 aromatic heterocycles. The lowest BCUT2D eigenvalue weighted by Crippen LogP contribution is -2.17. The molecule has 0 saturated heterocycles. The molecule has 0 aliphatic rings. The van der Waals surface area contributed by atoms with E-state index in [0.29, 0.717) is 10.7 Å². The molecule has 2 N–H and O–H groups in total. The summed E-state index contributed by atoms with van der Waals surface area (Å²) in [5, 5.41) is 11.8. The molecule has 6 nitrogen and oxygen atoms in total. The third kappa shape index (κ3) is 4.55. The Morgan fingerprint density at radius 2 is 2.00 bits per heavy atom. The van der Waals surface area contributed by atoms with Gasteiger partial charge < -0.3 is 15.2 Å². The molecule has 1 aromatic carbocycles. The predicted molar refractivity (Wildman–Crippen MR) is 97.8 cm³/mol. The lowest BCUT2D eigenvalue weighted by Gasteiger charge is -2.16. The molecule has 0 atom stereocenters. The monoisotopic (exact) mass is 413 g/mol. The van der Waals surface area contributed by atoms with Crippen molar-refractivity contribution in [2.75, 3.05) is 18.5 Å². The van der Waals surface area contributed by atoms with Crippen LogP contribution in [0.25, 0.3) is 5.65 Å². The Morgan fingerprint density at radius 1 is 1.21 bits per heavy atom. The number of pyridine rings is 1. The van der Waals surface area contributed by atoms with Crippen LogP contribution in [-0.2, 0) is 12.7 Å². The van der Waals surface area contributed by atoms with Gasteiger partial charge in [0.1, 0.15) is 18.0 Å². The Balaban J connectivity index is 1.86. The summed E-state index contributed by atoms with van der Waals surface area (Å²) in [5.41, 5.74) is -0.888. The van der Waals surface area contributed by atoms with Gasteiger partial charge in [-0.3, -0.25) is 9.20 Å². The molecule has 10 heteroatoms. The SMILES string of the molecule is O=c1cc(CNc2ccc(OCCO)cc2C(F)(F)F)nc2ccc(Cl)cn12. The minimum Gasteiger partial charge on any atom is -0.491 e. The minimum absolute atomic E-state index is 0.00845. The van der Waals surface area contributed by atoms with Gasteiger partial charge in [-0.2, -0.15) is 13.2 Å². The lowest BCUT2D eigenvalue weighted by atomic mass is 10.1. The number of fused-ring (bicyclic) bond motifs is 1. The van der Waals surface area contributed by atoms with E-state index in [-0.39, 0.29) is 36.9 Å². The van der Waals surface area contributed by atoms with E-state index in [1.807, 2.05) is 0 Å². The zero-order valence-electron chi connectivity index (χ0n) is 14.3. The van der Waals surface area contributed by atoms with Crippen molar-refractivity contribution in [3.8, 4) is 5.75 Å². The van der Waals surface area contributed by atoms with Gasteiger partial charge in [0.15, 0.2) is 0 Å². The first kappa shape index (κ1) is 20.0. The van der Waals surface area contributed by atoms with Crippen LogP contribution < -0.4 is 15.6 Å². The second-order valence-electron chi connectivity index (χ2n) is 5.79. The number of alkyl halides is 3. The van der Waals surface area contributed by atoms with Gasteiger partial charge in [-0.1, -0.05) is 11.6 Å². The van der Waals surface area contributed by atoms with E-state index in [1.54, 1.807) is 12.1 Å². The summed E-state index contributed by atoms with van der Waals surface area (Å²) in [6, 6.07) is 7.77. The van der Waals surface area contributed by atoms with Crippen molar-refractivity contribution in [1.82, 2.24) is 9.38 Å². The van der Waals surface area contributed by atoms with Crippen molar-refractivity contribution >= 4 is 22.9 Å². The minimum atomic E-state index is -4.62. The number of nitrogens with one attached hydrogen (secondary N) is 1. The van der Waals surface area contributed by atoms with Gasteiger partial charge in [-0.05, 0) is 30.3 Å². The van der Waals surface area contributed by atoms with Gasteiger partial charge >= 0.3 is 6.18 Å². The maximum Gasteiger partial charge on any atom is 0.418 e. The smallest absolute Gasteiger partial charge is 0.418 e. The highest BCUT2D eigenvalue weighted by molar-refractivity contribution is 6.30. The average Bonchev–Trinajstić information content (AvgIpc) is 2.65. The van der Waals surface area contributed by atoms with Crippen LogP contribution in [0.15, 0.2) is 47.4 Å². The van der Waals surface area contributed by atoms with Crippen LogP contribution in [0.2, 0.25) is 5.02 Å². The highest BCUT2D eigenvalue weighted by atomic mass is 35.5. The first-order valence-corrected chi connectivity index (χ1v) is 8.52. The van der Waals surface area contributed by atoms with Crippen molar-refractivity contribution in [3.63, 3.8) is 0 Å². The van der Waals surface area contributed by atoms with Crippen LogP contribution in [0.4, 0.5) is 18.9 Å². The number of ether oxygens (including phenoxy) is 1. The average molecular weight is 414 g/mol. The molecule has 0 radical (unpaired) electrons. The molecule has 0 aliphatic heterocycles. The Kier molecular flexibility index (Phi) is 5.76. The van der Waals surface area contributed by atoms with Crippen LogP contribution in [0.5, 0.6) is 5.75 Å². The first-order chi connectivity index (χ1) is 13.3. The molecular weight excluding hydrogens is 399 g/mol. The second kappa shape index (κ2) is 8.07. The number of nitrogens with zero attached hydrogens (tertiary/aromatic N) is 2. The molecule has 3 aromatic rings. The maximum absolute atomic E-state index is 13.4. The number of halogens is 4. The quantitative estimate of drug-likeness (QED) is 0.648. The summed E-state index contributed by atoms with van der Waals surface area (Å²) >= 11 is 5.85. The second-order valence-corrected chi connectivity index (χ2v) is 6.23. The molecule has 3 rings (SSSR count). The molecule has 0 bridgehead atoms. The maximum atomic E-state index is 13.4. The first-order valence-electron chi connectivity index (χ1n) is 8.14. The standard InChI is InChI=1S/C18H15ClF3N3O3/c19-11-1-4-16-24-12(7-17(27)25(16)10-11)9-23-15-3-2-13(28-6-5-26)8-14(15)18(20,21)22/h1-4,7-8,10,23,26H,5-6,9H2. The summed E-state index contributed by atoms with van der Waals surface area (Å²) < 4.78 is 46.4. The number of aromatic nitrogens is 2. The number of hydrogen-bond acceptors (Lipinski definition) is 5. The molecule has 0 fully saturated rings. The molecule has 148 valence electrons. The number of rotatable bonds is 6. The van der Waals surface area contributed by atoms with Gasteiger partial charge in [-0.25, -0.2) is 4.98 Å². The van der Waals surface area contributed by atoms with Crippen LogP contribution in [0, 0.1) is 0 Å². The summed E-state index contributed by atoms with van der Waals surface area (Å²) in [6.45, 7) is -0.511. The van der Waals surface area contributed by atoms with Gasteiger partial charge in [0.05, 0.1) is 29.4 Å². The van der Waals surface area contributed by atoms with Crippen molar-refractivity contribution < 1.29 is 23.0 Å². The van der Waals surface area contributed by atoms with E-state index in [2.05, 4.69) is 10.3 Å². The fraction of sp³-hybridized carbons (Fsp3) is 0.222. The molecule has 0 aliphatic carbocycles. The number of aliphatic hydroxyl groups excluding tert-OH is 1. The van der Waals surface area contributed by atoms with E-state index in [1.165, 1.54) is 28.8 Å². The highest BCUT2D eigenvalue weighted by Crippen LogP contribution is 2.37. The Morgan fingerprint density at radius 3 is 2.71 bits per heavy atom. The Hall–Kier alpha value is -2.78. The zero-order valence-corrected chi connectivity index (χ0v) is 15.1. The topological polar surface area (TPSA) is 75.9 Å². The number of benzene rings is 1. The third-order valence-electron chi connectivity index (χ3n) is 3.79. The fourth-order valence-electron chi connectivity index (χ4n) is 2.57. The number of hydrogen-bond donors (Lipinski definition) is 2. The van der Waals surface area contributed by atoms with E-state index >= 15 is 0 Å². The van der Waals surface area contributed by atoms with Crippen LogP contribution >= 0.6 is 11.6 Å². The van der Waals surface area contributed by atoms with Crippen molar-refractivity contribution in [1.29, 1.82) is 0 Å². The number of aliphatic hydroxyl groups is 1. The molecule has 28 heavy (non-hydrogen) atoms. The van der Waals surface area contributed by atoms with Gasteiger partial charge in [0.25, 0.3) is 5.56 Å². The van der Waals surface area contributed by atoms with Crippen molar-refractivity contribution in [3.05, 3.63) is 69.2 Å². The summed E-state index contributed by atoms with van der Waals surface area (Å²) in [5.74, 6) is -0.00845. The van der Waals surface area contributed by atoms with Gasteiger partial charge in [-0.15, -0.1) is 0 Å². The Bertz CT molecular complexity index is 1050. The summed E-state index contributed by atoms with van der Waals surface area (Å²) in [4.78, 5) is 16.4. The van der Waals surface area contributed by atoms with Crippen LogP contribution in [-0.4, -0.2) is 27.7 Å². The molecule has 0 saturated carbocycles. The molecular formula is C18H15ClF3N3O3. The van der Waals surface area contributed by atoms with Crippen LogP contribution in [0.3, 0.4) is 0 Å². The van der Waals surface area contributed by atoms with Crippen LogP contribution in [0.1, 0.15) is 11.3 Å². The molecule has 0 unspecified atom stereocenters. The zero-order chi connectivity index (χ0) is 20.3. The molecule has 0 spiro atoms. The van der Waals surface area contributed by atoms with Crippen molar-refractivity contribution in [2.45, 2.75) is 12.7 Å². The van der Waals surface area contributed by atoms with E-state index in [0.717, 1.165) is 6.07 Å². The van der Waals surface area contributed by atoms with E-state index < -0.39 is 17.3 Å². The van der Waals surface area contributed by atoms with Crippen molar-refractivity contribution in [2.24, 2.45) is 0 Å². The highest BCUT2D eigenvalue weighted by Gasteiger charge is 2.34.